The van der Waals surface area contributed by atoms with Gasteiger partial charge in [0.2, 0.25) is 0 Å². The van der Waals surface area contributed by atoms with E-state index in [0.29, 0.717) is 0 Å². The summed E-state index contributed by atoms with van der Waals surface area (Å²) in [5.74, 6) is 0.134. The van der Waals surface area contributed by atoms with Crippen LogP contribution in [0.4, 0.5) is 0 Å². The molecule has 0 saturated heterocycles. The molecule has 0 radical (unpaired) electrons. The number of halogens is 1. The number of benzene rings is 2. The topological polar surface area (TPSA) is 52.5 Å². The number of phenols is 2. The van der Waals surface area contributed by atoms with Crippen molar-refractivity contribution < 1.29 is 10.2 Å². The Labute approximate surface area is 130 Å². The molecule has 3 N–H and O–H groups in total. The van der Waals surface area contributed by atoms with Crippen LogP contribution in [0.2, 0.25) is 5.02 Å². The van der Waals surface area contributed by atoms with Crippen LogP contribution in [0.3, 0.4) is 0 Å². The van der Waals surface area contributed by atoms with E-state index < -0.39 is 0 Å². The molecule has 112 valence electrons. The molecule has 2 aromatic carbocycles. The molecule has 0 fully saturated rings. The Hall–Kier alpha value is -1.71. The highest BCUT2D eigenvalue weighted by Gasteiger charge is 2.12. The van der Waals surface area contributed by atoms with Crippen LogP contribution < -0.4 is 5.32 Å². The molecule has 0 bridgehead atoms. The van der Waals surface area contributed by atoms with Crippen LogP contribution in [0.5, 0.6) is 11.5 Å². The van der Waals surface area contributed by atoms with Gasteiger partial charge in [0.15, 0.2) is 0 Å². The lowest BCUT2D eigenvalue weighted by molar-refractivity contribution is 0.440. The third kappa shape index (κ3) is 4.38. The van der Waals surface area contributed by atoms with Crippen LogP contribution in [0, 0.1) is 0 Å². The van der Waals surface area contributed by atoms with Gasteiger partial charge in [-0.05, 0) is 49.6 Å². The quantitative estimate of drug-likeness (QED) is 0.781. The smallest absolute Gasteiger partial charge is 0.119 e. The van der Waals surface area contributed by atoms with Gasteiger partial charge in [-0.25, -0.2) is 0 Å². The van der Waals surface area contributed by atoms with Gasteiger partial charge in [-0.1, -0.05) is 29.8 Å². The van der Waals surface area contributed by atoms with Gasteiger partial charge in [-0.2, -0.15) is 0 Å². The van der Waals surface area contributed by atoms with E-state index in [1.54, 1.807) is 12.1 Å². The Morgan fingerprint density at radius 2 is 1.67 bits per heavy atom. The minimum Gasteiger partial charge on any atom is -0.508 e. The van der Waals surface area contributed by atoms with Crippen molar-refractivity contribution in [3.8, 4) is 11.5 Å². The summed E-state index contributed by atoms with van der Waals surface area (Å²) < 4.78 is 0. The fraction of sp³-hybridized carbons (Fsp3) is 0.294. The molecule has 0 aliphatic heterocycles. The number of hydrogen-bond donors (Lipinski definition) is 3. The standard InChI is InChI=1S/C17H20ClNO2/c1-11(7-13-5-3-4-6-17(13)18)19-12(2)14-8-15(20)10-16(21)9-14/h3-6,8-12,19-21H,7H2,1-2H3. The molecule has 0 aliphatic carbocycles. The maximum Gasteiger partial charge on any atom is 0.119 e. The first kappa shape index (κ1) is 15.7. The molecule has 2 atom stereocenters. The second-order valence-corrected chi connectivity index (χ2v) is 5.77. The van der Waals surface area contributed by atoms with Crippen LogP contribution in [0.25, 0.3) is 0 Å². The Morgan fingerprint density at radius 3 is 2.29 bits per heavy atom. The van der Waals surface area contributed by atoms with Gasteiger partial charge in [0, 0.05) is 23.2 Å². The molecular weight excluding hydrogens is 286 g/mol. The van der Waals surface area contributed by atoms with Crippen LogP contribution >= 0.6 is 11.6 Å². The van der Waals surface area contributed by atoms with Crippen LogP contribution in [0.15, 0.2) is 42.5 Å². The minimum atomic E-state index is 0.0143. The largest absolute Gasteiger partial charge is 0.508 e. The van der Waals surface area contributed by atoms with E-state index in [1.165, 1.54) is 6.07 Å². The van der Waals surface area contributed by atoms with Crippen molar-refractivity contribution in [3.05, 3.63) is 58.6 Å². The summed E-state index contributed by atoms with van der Waals surface area (Å²) in [6, 6.07) is 12.7. The first-order valence-electron chi connectivity index (χ1n) is 6.98. The highest BCUT2D eigenvalue weighted by atomic mass is 35.5. The summed E-state index contributed by atoms with van der Waals surface area (Å²) in [7, 11) is 0. The van der Waals surface area contributed by atoms with Gasteiger partial charge in [-0.15, -0.1) is 0 Å². The molecule has 0 heterocycles. The Morgan fingerprint density at radius 1 is 1.05 bits per heavy atom. The molecule has 0 spiro atoms. The van der Waals surface area contributed by atoms with Crippen molar-refractivity contribution >= 4 is 11.6 Å². The van der Waals surface area contributed by atoms with E-state index in [-0.39, 0.29) is 23.6 Å². The maximum atomic E-state index is 9.54. The summed E-state index contributed by atoms with van der Waals surface area (Å²) in [6.07, 6.45) is 0.814. The molecule has 2 unspecified atom stereocenters. The average Bonchev–Trinajstić information content (AvgIpc) is 2.40. The molecule has 0 amide bonds. The zero-order valence-corrected chi connectivity index (χ0v) is 12.9. The predicted molar refractivity (Wildman–Crippen MR) is 85.9 cm³/mol. The summed E-state index contributed by atoms with van der Waals surface area (Å²) in [6.45, 7) is 4.08. The Kier molecular flexibility index (Phi) is 5.10. The molecule has 21 heavy (non-hydrogen) atoms. The Balaban J connectivity index is 2.02. The highest BCUT2D eigenvalue weighted by Crippen LogP contribution is 2.25. The maximum absolute atomic E-state index is 9.54. The summed E-state index contributed by atoms with van der Waals surface area (Å²) in [5.41, 5.74) is 1.95. The highest BCUT2D eigenvalue weighted by molar-refractivity contribution is 6.31. The lowest BCUT2D eigenvalue weighted by atomic mass is 10.0. The average molecular weight is 306 g/mol. The Bertz CT molecular complexity index is 595. The molecule has 0 aliphatic rings. The number of hydrogen-bond acceptors (Lipinski definition) is 3. The zero-order valence-electron chi connectivity index (χ0n) is 12.2. The SMILES string of the molecule is CC(Cc1ccccc1Cl)NC(C)c1cc(O)cc(O)c1. The lowest BCUT2D eigenvalue weighted by Gasteiger charge is -2.21. The molecular formula is C17H20ClNO2. The molecule has 3 nitrogen and oxygen atoms in total. The van der Waals surface area contributed by atoms with Crippen molar-refractivity contribution in [3.63, 3.8) is 0 Å². The van der Waals surface area contributed by atoms with Gasteiger partial charge >= 0.3 is 0 Å². The van der Waals surface area contributed by atoms with Crippen molar-refractivity contribution in [2.24, 2.45) is 0 Å². The van der Waals surface area contributed by atoms with E-state index in [0.717, 1.165) is 22.6 Å². The van der Waals surface area contributed by atoms with E-state index in [1.807, 2.05) is 31.2 Å². The van der Waals surface area contributed by atoms with Crippen molar-refractivity contribution in [1.82, 2.24) is 5.32 Å². The summed E-state index contributed by atoms with van der Waals surface area (Å²) in [5, 5.41) is 23.3. The van der Waals surface area contributed by atoms with Crippen molar-refractivity contribution in [1.29, 1.82) is 0 Å². The molecule has 2 rings (SSSR count). The van der Waals surface area contributed by atoms with Gasteiger partial charge < -0.3 is 15.5 Å². The second kappa shape index (κ2) is 6.83. The number of aromatic hydroxyl groups is 2. The lowest BCUT2D eigenvalue weighted by Crippen LogP contribution is -2.30. The van der Waals surface area contributed by atoms with Crippen molar-refractivity contribution in [2.75, 3.05) is 0 Å². The number of phenolic OH excluding ortho intramolecular Hbond substituents is 2. The zero-order chi connectivity index (χ0) is 15.4. The molecule has 2 aromatic rings. The van der Waals surface area contributed by atoms with E-state index in [9.17, 15) is 10.2 Å². The first-order valence-corrected chi connectivity index (χ1v) is 7.36. The van der Waals surface area contributed by atoms with E-state index in [2.05, 4.69) is 12.2 Å². The van der Waals surface area contributed by atoms with E-state index in [4.69, 9.17) is 11.6 Å². The first-order chi connectivity index (χ1) is 9.95. The van der Waals surface area contributed by atoms with Gasteiger partial charge in [-0.3, -0.25) is 0 Å². The van der Waals surface area contributed by atoms with Crippen LogP contribution in [-0.2, 0) is 6.42 Å². The second-order valence-electron chi connectivity index (χ2n) is 5.37. The monoisotopic (exact) mass is 305 g/mol. The number of rotatable bonds is 5. The molecule has 0 aromatic heterocycles. The van der Waals surface area contributed by atoms with Crippen LogP contribution in [-0.4, -0.2) is 16.3 Å². The van der Waals surface area contributed by atoms with Crippen LogP contribution in [0.1, 0.15) is 31.0 Å². The summed E-state index contributed by atoms with van der Waals surface area (Å²) >= 11 is 6.17. The molecule has 0 saturated carbocycles. The van der Waals surface area contributed by atoms with Crippen molar-refractivity contribution in [2.45, 2.75) is 32.4 Å². The van der Waals surface area contributed by atoms with E-state index >= 15 is 0 Å². The third-order valence-electron chi connectivity index (χ3n) is 3.44. The van der Waals surface area contributed by atoms with Gasteiger partial charge in [0.05, 0.1) is 0 Å². The minimum absolute atomic E-state index is 0.0143. The summed E-state index contributed by atoms with van der Waals surface area (Å²) in [4.78, 5) is 0. The number of nitrogens with one attached hydrogen (secondary N) is 1. The fourth-order valence-corrected chi connectivity index (χ4v) is 2.66. The molecule has 4 heteroatoms. The van der Waals surface area contributed by atoms with Gasteiger partial charge in [0.25, 0.3) is 0 Å². The third-order valence-corrected chi connectivity index (χ3v) is 3.81. The normalized spacial score (nSPS) is 13.9. The van der Waals surface area contributed by atoms with Gasteiger partial charge in [0.1, 0.15) is 11.5 Å². The fourth-order valence-electron chi connectivity index (χ4n) is 2.44. The predicted octanol–water partition coefficient (Wildman–Crippen LogP) is 4.03.